The molecule has 0 saturated heterocycles. The number of aryl methyl sites for hydroxylation is 1. The molecule has 2 aromatic rings. The van der Waals surface area contributed by atoms with E-state index in [0.29, 0.717) is 12.2 Å². The van der Waals surface area contributed by atoms with Crippen molar-refractivity contribution in [1.82, 2.24) is 15.3 Å². The van der Waals surface area contributed by atoms with E-state index in [1.165, 1.54) is 6.20 Å². The van der Waals surface area contributed by atoms with Gasteiger partial charge in [0.25, 0.3) is 0 Å². The van der Waals surface area contributed by atoms with Crippen molar-refractivity contribution in [3.8, 4) is 0 Å². The molecule has 0 aromatic carbocycles. The van der Waals surface area contributed by atoms with Crippen molar-refractivity contribution >= 4 is 41.1 Å². The minimum Gasteiger partial charge on any atom is -0.404 e. The van der Waals surface area contributed by atoms with Crippen LogP contribution in [0.25, 0.3) is 5.57 Å². The number of nitrogens with zero attached hydrogens (tertiary/aromatic N) is 4. The molecule has 2 rings (SSSR count). The summed E-state index contributed by atoms with van der Waals surface area (Å²) in [6, 6.07) is 5.50. The summed E-state index contributed by atoms with van der Waals surface area (Å²) in [6.45, 7) is 8.15. The molecular formula is C27H39N9O2. The van der Waals surface area contributed by atoms with E-state index in [0.717, 1.165) is 59.1 Å². The van der Waals surface area contributed by atoms with Gasteiger partial charge in [0.05, 0.1) is 41.6 Å². The Bertz CT molecular complexity index is 1130. The summed E-state index contributed by atoms with van der Waals surface area (Å²) in [7, 11) is 5.43. The van der Waals surface area contributed by atoms with Gasteiger partial charge in [0.15, 0.2) is 0 Å². The monoisotopic (exact) mass is 521 g/mol. The van der Waals surface area contributed by atoms with Crippen LogP contribution in [0.5, 0.6) is 0 Å². The van der Waals surface area contributed by atoms with Crippen LogP contribution < -0.4 is 27.5 Å². The third kappa shape index (κ3) is 12.8. The van der Waals surface area contributed by atoms with Gasteiger partial charge in [0.2, 0.25) is 0 Å². The molecule has 0 spiro atoms. The second-order valence-corrected chi connectivity index (χ2v) is 7.48. The van der Waals surface area contributed by atoms with Crippen LogP contribution in [0, 0.1) is 6.92 Å². The highest BCUT2D eigenvalue weighted by molar-refractivity contribution is 6.12. The lowest BCUT2D eigenvalue weighted by Crippen LogP contribution is -2.14. The third-order valence-electron chi connectivity index (χ3n) is 4.77. The number of nitrogens with one attached hydrogen (secondary N) is 3. The Kier molecular flexibility index (Phi) is 17.9. The Balaban J connectivity index is 0.000000586. The van der Waals surface area contributed by atoms with E-state index in [9.17, 15) is 9.59 Å². The predicted molar refractivity (Wildman–Crippen MR) is 158 cm³/mol. The summed E-state index contributed by atoms with van der Waals surface area (Å²) in [5, 5.41) is 12.4. The van der Waals surface area contributed by atoms with Gasteiger partial charge in [0, 0.05) is 56.6 Å². The number of carbonyl (C=O) groups is 1. The number of aromatic nitrogens is 2. The molecule has 0 radical (unpaired) electrons. The van der Waals surface area contributed by atoms with Gasteiger partial charge in [-0.3, -0.25) is 15.0 Å². The van der Waals surface area contributed by atoms with E-state index in [-0.39, 0.29) is 5.71 Å². The van der Waals surface area contributed by atoms with Crippen molar-refractivity contribution in [2.45, 2.75) is 26.7 Å². The van der Waals surface area contributed by atoms with E-state index in [2.05, 4.69) is 49.5 Å². The van der Waals surface area contributed by atoms with Crippen molar-refractivity contribution in [2.24, 2.45) is 21.7 Å². The van der Waals surface area contributed by atoms with Gasteiger partial charge in [-0.05, 0) is 25.5 Å². The Morgan fingerprint density at radius 2 is 1.95 bits per heavy atom. The number of pyridine rings is 2. The number of aliphatic imine (C=N–C) groups is 1. The van der Waals surface area contributed by atoms with Gasteiger partial charge in [-0.25, -0.2) is 4.79 Å². The summed E-state index contributed by atoms with van der Waals surface area (Å²) in [4.78, 5) is 32.3. The van der Waals surface area contributed by atoms with Crippen LogP contribution in [-0.4, -0.2) is 61.8 Å². The fraction of sp³-hybridized carbons (Fsp3) is 0.296. The van der Waals surface area contributed by atoms with Gasteiger partial charge >= 0.3 is 0 Å². The Morgan fingerprint density at radius 1 is 1.21 bits per heavy atom. The quantitative estimate of drug-likeness (QED) is 0.0979. The van der Waals surface area contributed by atoms with Crippen molar-refractivity contribution in [3.63, 3.8) is 0 Å². The second kappa shape index (κ2) is 20.4. The zero-order chi connectivity index (χ0) is 28.8. The lowest BCUT2D eigenvalue weighted by molar-refractivity contribution is -0.107. The molecule has 11 heteroatoms. The fourth-order valence-electron chi connectivity index (χ4n) is 2.80. The minimum atomic E-state index is 0.263. The molecule has 0 atom stereocenters. The normalized spacial score (nSPS) is 10.7. The number of hydrazone groups is 1. The van der Waals surface area contributed by atoms with Crippen LogP contribution in [0.1, 0.15) is 36.7 Å². The van der Waals surface area contributed by atoms with Crippen molar-refractivity contribution in [3.05, 3.63) is 72.1 Å². The van der Waals surface area contributed by atoms with Crippen molar-refractivity contribution < 1.29 is 9.59 Å². The number of nitrogens with two attached hydrogens (primary N) is 2. The lowest BCUT2D eigenvalue weighted by atomic mass is 10.1. The molecule has 38 heavy (non-hydrogen) atoms. The molecule has 0 unspecified atom stereocenters. The zero-order valence-corrected chi connectivity index (χ0v) is 22.8. The van der Waals surface area contributed by atoms with Crippen LogP contribution >= 0.6 is 0 Å². The zero-order valence-electron chi connectivity index (χ0n) is 22.8. The molecule has 204 valence electrons. The highest BCUT2D eigenvalue weighted by Crippen LogP contribution is 2.16. The molecule has 0 aliphatic carbocycles. The molecule has 2 heterocycles. The SMILES string of the molecule is C=C(CCC)NCC=O.CN=C/C(=C\N)c1ccc(/C(C=C=O)=N\N)nc1.CNc1cnc(C)c(NC)c1. The first-order valence-electron chi connectivity index (χ1n) is 11.8. The molecule has 0 saturated carbocycles. The van der Waals surface area contributed by atoms with Gasteiger partial charge < -0.3 is 32.3 Å². The van der Waals surface area contributed by atoms with E-state index in [1.54, 1.807) is 37.5 Å². The predicted octanol–water partition coefficient (Wildman–Crippen LogP) is 2.69. The maximum Gasteiger partial charge on any atom is 0.139 e. The van der Waals surface area contributed by atoms with Crippen LogP contribution in [-0.2, 0) is 9.59 Å². The average molecular weight is 522 g/mol. The molecule has 0 aliphatic rings. The van der Waals surface area contributed by atoms with Crippen LogP contribution in [0.3, 0.4) is 0 Å². The lowest BCUT2D eigenvalue weighted by Gasteiger charge is -2.06. The second-order valence-electron chi connectivity index (χ2n) is 7.48. The van der Waals surface area contributed by atoms with E-state index >= 15 is 0 Å². The number of rotatable bonds is 11. The van der Waals surface area contributed by atoms with Crippen molar-refractivity contribution in [1.29, 1.82) is 0 Å². The smallest absolute Gasteiger partial charge is 0.139 e. The number of allylic oxidation sites excluding steroid dienone is 3. The number of hydrogen-bond donors (Lipinski definition) is 5. The summed E-state index contributed by atoms with van der Waals surface area (Å²) >= 11 is 0. The van der Waals surface area contributed by atoms with Crippen LogP contribution in [0.4, 0.5) is 11.4 Å². The standard InChI is InChI=1S/C12H13N5O.C8H13N3.C7H13NO/c1-15-7-10(6-13)9-2-3-11(16-8-9)12(17-14)4-5-18;1-6-8(10-3)4-7(9-2)5-11-6;1-3-4-7(2)8-5-6-9/h2-4,6-8H,13-14H2,1H3;4-5,9-10H,1-3H3;6,8H,2-5H2,1H3/b10-6+,15-7?,17-12-;;. The van der Waals surface area contributed by atoms with Gasteiger partial charge in [0.1, 0.15) is 17.9 Å². The minimum absolute atomic E-state index is 0.263. The summed E-state index contributed by atoms with van der Waals surface area (Å²) in [5.74, 6) is 6.76. The Morgan fingerprint density at radius 3 is 2.42 bits per heavy atom. The number of aldehydes is 1. The molecule has 0 fully saturated rings. The first kappa shape index (κ1) is 33.2. The highest BCUT2D eigenvalue weighted by Gasteiger charge is 2.04. The first-order valence-corrected chi connectivity index (χ1v) is 11.8. The Labute approximate surface area is 224 Å². The Hall–Kier alpha value is -4.76. The molecule has 0 aliphatic heterocycles. The van der Waals surface area contributed by atoms with Crippen LogP contribution in [0.2, 0.25) is 0 Å². The maximum absolute atomic E-state index is 10.3. The summed E-state index contributed by atoms with van der Waals surface area (Å²) in [5.41, 5.74) is 11.8. The highest BCUT2D eigenvalue weighted by atomic mass is 16.1. The summed E-state index contributed by atoms with van der Waals surface area (Å²) < 4.78 is 0. The summed E-state index contributed by atoms with van der Waals surface area (Å²) in [6.07, 6.45) is 10.5. The largest absolute Gasteiger partial charge is 0.404 e. The molecule has 2 aromatic heterocycles. The van der Waals surface area contributed by atoms with Gasteiger partial charge in [-0.2, -0.15) is 5.10 Å². The van der Waals surface area contributed by atoms with Crippen molar-refractivity contribution in [2.75, 3.05) is 38.3 Å². The topological polar surface area (TPSA) is 173 Å². The fourth-order valence-corrected chi connectivity index (χ4v) is 2.80. The number of hydrogen-bond acceptors (Lipinski definition) is 11. The molecule has 7 N–H and O–H groups in total. The molecule has 11 nitrogen and oxygen atoms in total. The molecular weight excluding hydrogens is 482 g/mol. The van der Waals surface area contributed by atoms with E-state index in [4.69, 9.17) is 11.6 Å². The third-order valence-corrected chi connectivity index (χ3v) is 4.77. The van der Waals surface area contributed by atoms with Gasteiger partial charge in [-0.15, -0.1) is 0 Å². The first-order chi connectivity index (χ1) is 18.3. The van der Waals surface area contributed by atoms with E-state index in [1.807, 2.05) is 33.3 Å². The van der Waals surface area contributed by atoms with E-state index < -0.39 is 0 Å². The molecule has 0 bridgehead atoms. The van der Waals surface area contributed by atoms with Crippen LogP contribution in [0.15, 0.2) is 65.2 Å². The number of carbonyl (C=O) groups excluding carboxylic acids is 2. The average Bonchev–Trinajstić information content (AvgIpc) is 2.95. The maximum atomic E-state index is 10.3. The molecule has 0 amide bonds. The number of anilines is 2. The van der Waals surface area contributed by atoms with Gasteiger partial charge in [-0.1, -0.05) is 26.0 Å².